The Labute approximate surface area is 134 Å². The molecule has 1 aromatic heterocycles. The Kier molecular flexibility index (Phi) is 4.94. The summed E-state index contributed by atoms with van der Waals surface area (Å²) >= 11 is 1.77. The largest absolute Gasteiger partial charge is 0.448 e. The van der Waals surface area contributed by atoms with Gasteiger partial charge in [0.25, 0.3) is 0 Å². The third-order valence-corrected chi connectivity index (χ3v) is 4.93. The number of hydrogen-bond acceptors (Lipinski definition) is 5. The van der Waals surface area contributed by atoms with E-state index < -0.39 is 0 Å². The number of hydrogen-bond donors (Lipinski definition) is 0. The second kappa shape index (κ2) is 7.11. The number of cyclic esters (lactones) is 1. The van der Waals surface area contributed by atoms with Gasteiger partial charge in [-0.15, -0.1) is 11.3 Å². The molecular formula is C15H21N3O3S. The Morgan fingerprint density at radius 2 is 2.14 bits per heavy atom. The van der Waals surface area contributed by atoms with Crippen molar-refractivity contribution in [1.29, 1.82) is 0 Å². The monoisotopic (exact) mass is 323 g/mol. The molecule has 0 N–H and O–H groups in total. The molecule has 0 aliphatic carbocycles. The second-order valence-electron chi connectivity index (χ2n) is 5.63. The van der Waals surface area contributed by atoms with Crippen LogP contribution in [0.15, 0.2) is 17.5 Å². The third kappa shape index (κ3) is 3.78. The van der Waals surface area contributed by atoms with Crippen molar-refractivity contribution in [2.45, 2.75) is 13.0 Å². The number of thiophene rings is 1. The molecule has 0 spiro atoms. The maximum absolute atomic E-state index is 12.3. The Morgan fingerprint density at radius 3 is 2.86 bits per heavy atom. The van der Waals surface area contributed by atoms with Crippen LogP contribution in [0.1, 0.15) is 11.3 Å². The van der Waals surface area contributed by atoms with E-state index in [2.05, 4.69) is 22.4 Å². The van der Waals surface area contributed by atoms with Crippen molar-refractivity contribution in [1.82, 2.24) is 14.7 Å². The van der Waals surface area contributed by atoms with Gasteiger partial charge >= 0.3 is 6.09 Å². The molecule has 3 heterocycles. The van der Waals surface area contributed by atoms with Gasteiger partial charge in [-0.1, -0.05) is 6.07 Å². The van der Waals surface area contributed by atoms with E-state index in [0.29, 0.717) is 13.2 Å². The van der Waals surface area contributed by atoms with Crippen molar-refractivity contribution in [3.63, 3.8) is 0 Å². The summed E-state index contributed by atoms with van der Waals surface area (Å²) in [7, 11) is 0. The number of carbonyl (C=O) groups is 2. The van der Waals surface area contributed by atoms with Gasteiger partial charge in [0.15, 0.2) is 0 Å². The van der Waals surface area contributed by atoms with Gasteiger partial charge in [-0.2, -0.15) is 0 Å². The lowest BCUT2D eigenvalue weighted by Gasteiger charge is -2.23. The van der Waals surface area contributed by atoms with Crippen LogP contribution in [0.25, 0.3) is 0 Å². The fourth-order valence-electron chi connectivity index (χ4n) is 2.83. The van der Waals surface area contributed by atoms with Crippen LogP contribution in [-0.2, 0) is 16.1 Å². The highest BCUT2D eigenvalue weighted by atomic mass is 32.1. The Hall–Kier alpha value is -1.60. The molecule has 6 nitrogen and oxygen atoms in total. The number of rotatable bonds is 4. The molecule has 3 rings (SSSR count). The summed E-state index contributed by atoms with van der Waals surface area (Å²) in [6.07, 6.45) is 0.601. The number of carbonyl (C=O) groups excluding carboxylic acids is 2. The van der Waals surface area contributed by atoms with Crippen LogP contribution >= 0.6 is 11.3 Å². The summed E-state index contributed by atoms with van der Waals surface area (Å²) < 4.78 is 4.86. The molecule has 1 aromatic rings. The van der Waals surface area contributed by atoms with Crippen LogP contribution < -0.4 is 0 Å². The van der Waals surface area contributed by atoms with Gasteiger partial charge in [0.1, 0.15) is 13.2 Å². The van der Waals surface area contributed by atoms with Crippen molar-refractivity contribution in [3.8, 4) is 0 Å². The fourth-order valence-corrected chi connectivity index (χ4v) is 3.58. The first kappa shape index (κ1) is 15.3. The average molecular weight is 323 g/mol. The summed E-state index contributed by atoms with van der Waals surface area (Å²) in [5.41, 5.74) is 0. The number of nitrogens with zero attached hydrogens (tertiary/aromatic N) is 3. The number of amides is 2. The topological polar surface area (TPSA) is 53.1 Å². The summed E-state index contributed by atoms with van der Waals surface area (Å²) in [5, 5.41) is 2.10. The first-order valence-electron chi connectivity index (χ1n) is 7.66. The molecule has 7 heteroatoms. The molecule has 0 saturated carbocycles. The first-order valence-corrected chi connectivity index (χ1v) is 8.54. The third-order valence-electron chi connectivity index (χ3n) is 4.07. The van der Waals surface area contributed by atoms with Gasteiger partial charge < -0.3 is 9.64 Å². The molecule has 2 aliphatic heterocycles. The number of ether oxygens (including phenoxy) is 1. The van der Waals surface area contributed by atoms with E-state index in [-0.39, 0.29) is 18.5 Å². The Morgan fingerprint density at radius 1 is 1.23 bits per heavy atom. The highest BCUT2D eigenvalue weighted by Crippen LogP contribution is 2.14. The van der Waals surface area contributed by atoms with E-state index in [1.54, 1.807) is 11.3 Å². The van der Waals surface area contributed by atoms with Crippen LogP contribution in [0.5, 0.6) is 0 Å². The predicted molar refractivity (Wildman–Crippen MR) is 83.7 cm³/mol. The summed E-state index contributed by atoms with van der Waals surface area (Å²) in [5.74, 6) is 0.0248. The summed E-state index contributed by atoms with van der Waals surface area (Å²) in [6.45, 7) is 5.39. The Balaban J connectivity index is 1.49. The van der Waals surface area contributed by atoms with E-state index in [0.717, 1.165) is 39.1 Å². The predicted octanol–water partition coefficient (Wildman–Crippen LogP) is 1.23. The highest BCUT2D eigenvalue weighted by Gasteiger charge is 2.27. The van der Waals surface area contributed by atoms with E-state index in [1.807, 2.05) is 4.90 Å². The normalized spacial score (nSPS) is 20.1. The Bertz CT molecular complexity index is 520. The van der Waals surface area contributed by atoms with Gasteiger partial charge in [-0.05, 0) is 17.9 Å². The zero-order chi connectivity index (χ0) is 15.4. The lowest BCUT2D eigenvalue weighted by molar-refractivity contribution is -0.131. The van der Waals surface area contributed by atoms with Crippen LogP contribution in [-0.4, -0.2) is 72.6 Å². The first-order chi connectivity index (χ1) is 10.7. The minimum absolute atomic E-state index is 0.0248. The van der Waals surface area contributed by atoms with Gasteiger partial charge in [0.05, 0.1) is 6.54 Å². The average Bonchev–Trinajstić information content (AvgIpc) is 3.08. The standard InChI is InChI=1S/C15H21N3O3S/c19-14(12-18-8-9-21-15(18)20)17-5-2-4-16(6-7-17)11-13-3-1-10-22-13/h1,3,10H,2,4-9,11-12H2. The smallest absolute Gasteiger partial charge is 0.410 e. The summed E-state index contributed by atoms with van der Waals surface area (Å²) in [6, 6.07) is 4.22. The molecular weight excluding hydrogens is 302 g/mol. The van der Waals surface area contributed by atoms with Gasteiger partial charge in [-0.3, -0.25) is 14.6 Å². The zero-order valence-corrected chi connectivity index (χ0v) is 13.4. The minimum Gasteiger partial charge on any atom is -0.448 e. The van der Waals surface area contributed by atoms with Crippen LogP contribution in [0.3, 0.4) is 0 Å². The van der Waals surface area contributed by atoms with E-state index in [9.17, 15) is 9.59 Å². The van der Waals surface area contributed by atoms with Crippen molar-refractivity contribution < 1.29 is 14.3 Å². The molecule has 22 heavy (non-hydrogen) atoms. The molecule has 0 radical (unpaired) electrons. The van der Waals surface area contributed by atoms with Crippen LogP contribution in [0, 0.1) is 0 Å². The van der Waals surface area contributed by atoms with Gasteiger partial charge in [-0.25, -0.2) is 4.79 Å². The molecule has 0 unspecified atom stereocenters. The lowest BCUT2D eigenvalue weighted by Crippen LogP contribution is -2.42. The molecule has 2 aliphatic rings. The summed E-state index contributed by atoms with van der Waals surface area (Å²) in [4.78, 5) is 30.9. The molecule has 0 bridgehead atoms. The second-order valence-corrected chi connectivity index (χ2v) is 6.66. The van der Waals surface area contributed by atoms with E-state index in [1.165, 1.54) is 9.78 Å². The van der Waals surface area contributed by atoms with Gasteiger partial charge in [0.2, 0.25) is 5.91 Å². The quantitative estimate of drug-likeness (QED) is 0.836. The highest BCUT2D eigenvalue weighted by molar-refractivity contribution is 7.09. The van der Waals surface area contributed by atoms with Crippen molar-refractivity contribution in [3.05, 3.63) is 22.4 Å². The van der Waals surface area contributed by atoms with Crippen molar-refractivity contribution in [2.24, 2.45) is 0 Å². The van der Waals surface area contributed by atoms with E-state index in [4.69, 9.17) is 4.74 Å². The molecule has 2 saturated heterocycles. The molecule has 0 aromatic carbocycles. The minimum atomic E-state index is -0.373. The maximum atomic E-state index is 12.3. The molecule has 2 fully saturated rings. The SMILES string of the molecule is O=C(CN1CCOC1=O)N1CCCN(Cc2cccs2)CC1. The molecule has 2 amide bonds. The van der Waals surface area contributed by atoms with Crippen molar-refractivity contribution >= 4 is 23.3 Å². The maximum Gasteiger partial charge on any atom is 0.410 e. The molecule has 0 atom stereocenters. The van der Waals surface area contributed by atoms with Crippen LogP contribution in [0.2, 0.25) is 0 Å². The van der Waals surface area contributed by atoms with E-state index >= 15 is 0 Å². The lowest BCUT2D eigenvalue weighted by atomic mass is 10.3. The van der Waals surface area contributed by atoms with Crippen LogP contribution in [0.4, 0.5) is 4.79 Å². The zero-order valence-electron chi connectivity index (χ0n) is 12.6. The van der Waals surface area contributed by atoms with Gasteiger partial charge in [0, 0.05) is 37.6 Å². The molecule has 120 valence electrons. The fraction of sp³-hybridized carbons (Fsp3) is 0.600. The van der Waals surface area contributed by atoms with Crippen molar-refractivity contribution in [2.75, 3.05) is 45.9 Å².